The number of anilines is 1. The van der Waals surface area contributed by atoms with Gasteiger partial charge in [-0.3, -0.25) is 9.78 Å². The molecule has 3 aromatic rings. The number of nitrogens with zero attached hydrogens (tertiary/aromatic N) is 3. The van der Waals surface area contributed by atoms with E-state index in [2.05, 4.69) is 20.4 Å². The maximum atomic E-state index is 12.2. The van der Waals surface area contributed by atoms with Crippen molar-refractivity contribution in [3.05, 3.63) is 59.7 Å². The van der Waals surface area contributed by atoms with Gasteiger partial charge >= 0.3 is 5.97 Å². The van der Waals surface area contributed by atoms with E-state index in [1.807, 2.05) is 6.92 Å². The number of aromatic nitrogens is 3. The SMILES string of the molecule is COC(=O)c1ccc(C)c(NC(=O)CCc2nc(-c3ccncc3)no2)c1. The topological polar surface area (TPSA) is 107 Å². The van der Waals surface area contributed by atoms with E-state index in [0.717, 1.165) is 11.1 Å². The van der Waals surface area contributed by atoms with Crippen molar-refractivity contribution in [1.29, 1.82) is 0 Å². The minimum atomic E-state index is -0.458. The third-order valence-electron chi connectivity index (χ3n) is 3.91. The fourth-order valence-corrected chi connectivity index (χ4v) is 2.41. The maximum absolute atomic E-state index is 12.2. The number of rotatable bonds is 6. The molecule has 3 rings (SSSR count). The van der Waals surface area contributed by atoms with Crippen molar-refractivity contribution in [2.24, 2.45) is 0 Å². The predicted octanol–water partition coefficient (Wildman–Crippen LogP) is 2.80. The van der Waals surface area contributed by atoms with Crippen molar-refractivity contribution >= 4 is 17.6 Å². The quantitative estimate of drug-likeness (QED) is 0.668. The van der Waals surface area contributed by atoms with Gasteiger partial charge in [0.2, 0.25) is 17.6 Å². The first-order valence-electron chi connectivity index (χ1n) is 8.28. The molecule has 0 bridgehead atoms. The second kappa shape index (κ2) is 8.22. The van der Waals surface area contributed by atoms with Crippen LogP contribution in [0.1, 0.15) is 28.2 Å². The largest absolute Gasteiger partial charge is 0.465 e. The minimum Gasteiger partial charge on any atom is -0.465 e. The number of methoxy groups -OCH3 is 1. The van der Waals surface area contributed by atoms with Crippen LogP contribution >= 0.6 is 0 Å². The average Bonchev–Trinajstić information content (AvgIpc) is 3.17. The number of hydrogen-bond acceptors (Lipinski definition) is 7. The van der Waals surface area contributed by atoms with Crippen LogP contribution in [0.25, 0.3) is 11.4 Å². The first-order valence-corrected chi connectivity index (χ1v) is 8.28. The Hall–Kier alpha value is -3.55. The zero-order valence-electron chi connectivity index (χ0n) is 14.9. The smallest absolute Gasteiger partial charge is 0.337 e. The Morgan fingerprint density at radius 1 is 1.19 bits per heavy atom. The summed E-state index contributed by atoms with van der Waals surface area (Å²) in [6.07, 6.45) is 3.76. The van der Waals surface area contributed by atoms with Crippen LogP contribution in [-0.2, 0) is 16.0 Å². The zero-order valence-corrected chi connectivity index (χ0v) is 14.9. The van der Waals surface area contributed by atoms with Gasteiger partial charge in [-0.05, 0) is 36.8 Å². The average molecular weight is 366 g/mol. The van der Waals surface area contributed by atoms with Crippen LogP contribution in [0.3, 0.4) is 0 Å². The Bertz CT molecular complexity index is 953. The Kier molecular flexibility index (Phi) is 5.55. The predicted molar refractivity (Wildman–Crippen MR) is 97.0 cm³/mol. The van der Waals surface area contributed by atoms with E-state index in [0.29, 0.717) is 29.4 Å². The molecule has 2 heterocycles. The number of carbonyl (C=O) groups is 2. The molecule has 0 spiro atoms. The van der Waals surface area contributed by atoms with E-state index in [4.69, 9.17) is 9.26 Å². The van der Waals surface area contributed by atoms with Gasteiger partial charge in [-0.15, -0.1) is 0 Å². The fourth-order valence-electron chi connectivity index (χ4n) is 2.41. The Labute approximate surface area is 155 Å². The zero-order chi connectivity index (χ0) is 19.2. The second-order valence-corrected chi connectivity index (χ2v) is 5.82. The van der Waals surface area contributed by atoms with Gasteiger partial charge in [0.1, 0.15) is 0 Å². The van der Waals surface area contributed by atoms with Gasteiger partial charge in [0, 0.05) is 36.5 Å². The number of carbonyl (C=O) groups excluding carboxylic acids is 2. The van der Waals surface area contributed by atoms with E-state index in [-0.39, 0.29) is 12.3 Å². The van der Waals surface area contributed by atoms with Crippen LogP contribution in [-0.4, -0.2) is 34.1 Å². The molecule has 0 aliphatic carbocycles. The van der Waals surface area contributed by atoms with Crippen molar-refractivity contribution in [1.82, 2.24) is 15.1 Å². The van der Waals surface area contributed by atoms with Crippen LogP contribution in [0.5, 0.6) is 0 Å². The van der Waals surface area contributed by atoms with Crippen LogP contribution in [0.2, 0.25) is 0 Å². The molecule has 0 saturated heterocycles. The highest BCUT2D eigenvalue weighted by Crippen LogP contribution is 2.19. The molecule has 0 fully saturated rings. The second-order valence-electron chi connectivity index (χ2n) is 5.82. The molecule has 0 atom stereocenters. The number of nitrogens with one attached hydrogen (secondary N) is 1. The van der Waals surface area contributed by atoms with Crippen LogP contribution in [0, 0.1) is 6.92 Å². The Balaban J connectivity index is 1.61. The highest BCUT2D eigenvalue weighted by atomic mass is 16.5. The number of pyridine rings is 1. The molecule has 8 nitrogen and oxygen atoms in total. The Morgan fingerprint density at radius 3 is 2.70 bits per heavy atom. The summed E-state index contributed by atoms with van der Waals surface area (Å²) < 4.78 is 9.88. The molecule has 1 N–H and O–H groups in total. The molecular formula is C19H18N4O4. The third-order valence-corrected chi connectivity index (χ3v) is 3.91. The van der Waals surface area contributed by atoms with Crippen LogP contribution < -0.4 is 5.32 Å². The first kappa shape index (κ1) is 18.2. The van der Waals surface area contributed by atoms with Crippen LogP contribution in [0.15, 0.2) is 47.2 Å². The summed E-state index contributed by atoms with van der Waals surface area (Å²) in [5, 5.41) is 6.70. The number of esters is 1. The molecule has 8 heteroatoms. The van der Waals surface area contributed by atoms with E-state index in [9.17, 15) is 9.59 Å². The molecule has 2 aromatic heterocycles. The van der Waals surface area contributed by atoms with Crippen molar-refractivity contribution in [2.45, 2.75) is 19.8 Å². The summed E-state index contributed by atoms with van der Waals surface area (Å²) in [5.41, 5.74) is 2.57. The molecule has 27 heavy (non-hydrogen) atoms. The van der Waals surface area contributed by atoms with Gasteiger partial charge in [-0.2, -0.15) is 4.98 Å². The normalized spacial score (nSPS) is 10.4. The van der Waals surface area contributed by atoms with Gasteiger partial charge < -0.3 is 14.6 Å². The number of ether oxygens (including phenoxy) is 1. The summed E-state index contributed by atoms with van der Waals surface area (Å²) >= 11 is 0. The number of amides is 1. The lowest BCUT2D eigenvalue weighted by molar-refractivity contribution is -0.116. The minimum absolute atomic E-state index is 0.167. The van der Waals surface area contributed by atoms with Crippen molar-refractivity contribution < 1.29 is 18.8 Å². The number of aryl methyl sites for hydroxylation is 2. The van der Waals surface area contributed by atoms with Gasteiger partial charge in [-0.25, -0.2) is 4.79 Å². The molecule has 0 aliphatic rings. The number of benzene rings is 1. The molecule has 0 unspecified atom stereocenters. The van der Waals surface area contributed by atoms with Gasteiger partial charge in [0.05, 0.1) is 12.7 Å². The lowest BCUT2D eigenvalue weighted by Crippen LogP contribution is -2.14. The van der Waals surface area contributed by atoms with E-state index in [1.165, 1.54) is 7.11 Å². The molecule has 0 radical (unpaired) electrons. The highest BCUT2D eigenvalue weighted by molar-refractivity contribution is 5.95. The summed E-state index contributed by atoms with van der Waals surface area (Å²) in [6.45, 7) is 1.84. The summed E-state index contributed by atoms with van der Waals surface area (Å²) in [6, 6.07) is 8.54. The van der Waals surface area contributed by atoms with Crippen molar-refractivity contribution in [2.75, 3.05) is 12.4 Å². The lowest BCUT2D eigenvalue weighted by atomic mass is 10.1. The van der Waals surface area contributed by atoms with E-state index < -0.39 is 5.97 Å². The van der Waals surface area contributed by atoms with Crippen molar-refractivity contribution in [3.63, 3.8) is 0 Å². The molecule has 0 aliphatic heterocycles. The summed E-state index contributed by atoms with van der Waals surface area (Å²) in [4.78, 5) is 32.1. The monoisotopic (exact) mass is 366 g/mol. The fraction of sp³-hybridized carbons (Fsp3) is 0.211. The van der Waals surface area contributed by atoms with Gasteiger partial charge in [-0.1, -0.05) is 11.2 Å². The van der Waals surface area contributed by atoms with E-state index >= 15 is 0 Å². The standard InChI is InChI=1S/C19H18N4O4/c1-12-3-4-14(19(25)26-2)11-15(12)21-16(24)5-6-17-22-18(23-27-17)13-7-9-20-10-8-13/h3-4,7-11H,5-6H2,1-2H3,(H,21,24). The lowest BCUT2D eigenvalue weighted by Gasteiger charge is -2.09. The number of hydrogen-bond donors (Lipinski definition) is 1. The molecule has 1 aromatic carbocycles. The highest BCUT2D eigenvalue weighted by Gasteiger charge is 2.13. The van der Waals surface area contributed by atoms with E-state index in [1.54, 1.807) is 42.7 Å². The molecule has 138 valence electrons. The Morgan fingerprint density at radius 2 is 1.96 bits per heavy atom. The molecule has 1 amide bonds. The van der Waals surface area contributed by atoms with Crippen molar-refractivity contribution in [3.8, 4) is 11.4 Å². The third kappa shape index (κ3) is 4.55. The van der Waals surface area contributed by atoms with Gasteiger partial charge in [0.25, 0.3) is 0 Å². The van der Waals surface area contributed by atoms with Gasteiger partial charge in [0.15, 0.2) is 0 Å². The first-order chi connectivity index (χ1) is 13.1. The molecule has 0 saturated carbocycles. The molecular weight excluding hydrogens is 348 g/mol. The van der Waals surface area contributed by atoms with Crippen LogP contribution in [0.4, 0.5) is 5.69 Å². The maximum Gasteiger partial charge on any atom is 0.337 e. The summed E-state index contributed by atoms with van der Waals surface area (Å²) in [7, 11) is 1.31. The summed E-state index contributed by atoms with van der Waals surface area (Å²) in [5.74, 6) is 0.148.